The number of rotatable bonds is 3. The molecule has 0 spiro atoms. The van der Waals surface area contributed by atoms with Crippen LogP contribution in [0.25, 0.3) is 0 Å². The Kier molecular flexibility index (Phi) is 2.93. The van der Waals surface area contributed by atoms with Crippen molar-refractivity contribution in [1.29, 1.82) is 0 Å². The van der Waals surface area contributed by atoms with Crippen molar-refractivity contribution in [3.8, 4) is 0 Å². The van der Waals surface area contributed by atoms with Gasteiger partial charge in [0.2, 0.25) is 0 Å². The van der Waals surface area contributed by atoms with Gasteiger partial charge in [-0.1, -0.05) is 0 Å². The van der Waals surface area contributed by atoms with E-state index in [9.17, 15) is 0 Å². The molecule has 54 valence electrons. The zero-order chi connectivity index (χ0) is 6.53. The zero-order valence-electron chi connectivity index (χ0n) is 5.26. The highest BCUT2D eigenvalue weighted by Gasteiger charge is 2.13. The van der Waals surface area contributed by atoms with Crippen LogP contribution in [-0.2, 0) is 4.74 Å². The normalized spacial score (nSPS) is 27.0. The standard InChI is InChI=1S/C5H12N2O2/c8-4-6-7-5-1-2-9-3-5/h5-8H,1-4H2/t5-/m0/s1. The van der Waals surface area contributed by atoms with Gasteiger partial charge < -0.3 is 9.84 Å². The van der Waals surface area contributed by atoms with Gasteiger partial charge in [0, 0.05) is 12.6 Å². The number of aliphatic hydroxyl groups is 1. The van der Waals surface area contributed by atoms with Crippen molar-refractivity contribution in [3.63, 3.8) is 0 Å². The molecule has 1 aliphatic rings. The Balaban J connectivity index is 1.98. The lowest BCUT2D eigenvalue weighted by Gasteiger charge is -2.08. The van der Waals surface area contributed by atoms with Gasteiger partial charge >= 0.3 is 0 Å². The van der Waals surface area contributed by atoms with Gasteiger partial charge in [0.1, 0.15) is 6.73 Å². The minimum atomic E-state index is -0.0312. The molecule has 1 atom stereocenters. The van der Waals surface area contributed by atoms with E-state index in [4.69, 9.17) is 9.84 Å². The van der Waals surface area contributed by atoms with E-state index in [1.165, 1.54) is 0 Å². The Hall–Kier alpha value is -0.160. The van der Waals surface area contributed by atoms with E-state index in [0.717, 1.165) is 19.6 Å². The number of hydrogen-bond donors (Lipinski definition) is 3. The second kappa shape index (κ2) is 3.79. The van der Waals surface area contributed by atoms with Crippen LogP contribution in [0.15, 0.2) is 0 Å². The van der Waals surface area contributed by atoms with Crippen molar-refractivity contribution in [2.24, 2.45) is 0 Å². The van der Waals surface area contributed by atoms with E-state index in [1.54, 1.807) is 0 Å². The van der Waals surface area contributed by atoms with Crippen molar-refractivity contribution < 1.29 is 9.84 Å². The van der Waals surface area contributed by atoms with Gasteiger partial charge in [-0.15, -0.1) is 0 Å². The van der Waals surface area contributed by atoms with Gasteiger partial charge in [-0.05, 0) is 6.42 Å². The third-order valence-electron chi connectivity index (χ3n) is 1.31. The summed E-state index contributed by atoms with van der Waals surface area (Å²) in [5, 5.41) is 8.31. The summed E-state index contributed by atoms with van der Waals surface area (Å²) in [4.78, 5) is 0. The summed E-state index contributed by atoms with van der Waals surface area (Å²) >= 11 is 0. The van der Waals surface area contributed by atoms with Crippen LogP contribution in [0.5, 0.6) is 0 Å². The van der Waals surface area contributed by atoms with Crippen LogP contribution in [-0.4, -0.2) is 31.1 Å². The smallest absolute Gasteiger partial charge is 0.106 e. The maximum Gasteiger partial charge on any atom is 0.106 e. The highest BCUT2D eigenvalue weighted by atomic mass is 16.5. The third-order valence-corrected chi connectivity index (χ3v) is 1.31. The van der Waals surface area contributed by atoms with E-state index < -0.39 is 0 Å². The molecule has 0 saturated carbocycles. The van der Waals surface area contributed by atoms with Gasteiger partial charge in [0.25, 0.3) is 0 Å². The Morgan fingerprint density at radius 2 is 2.56 bits per heavy atom. The molecule has 1 heterocycles. The summed E-state index contributed by atoms with van der Waals surface area (Å²) in [6.07, 6.45) is 1.02. The van der Waals surface area contributed by atoms with Gasteiger partial charge in [0.05, 0.1) is 6.61 Å². The summed E-state index contributed by atoms with van der Waals surface area (Å²) in [5.74, 6) is 0. The molecular formula is C5H12N2O2. The molecule has 4 heteroatoms. The molecule has 0 aromatic carbocycles. The molecule has 0 amide bonds. The first-order valence-electron chi connectivity index (χ1n) is 3.10. The Morgan fingerprint density at radius 3 is 3.11 bits per heavy atom. The molecule has 0 aromatic rings. The van der Waals surface area contributed by atoms with Crippen LogP contribution >= 0.6 is 0 Å². The number of hydrazine groups is 1. The molecule has 0 radical (unpaired) electrons. The minimum Gasteiger partial charge on any atom is -0.380 e. The monoisotopic (exact) mass is 132 g/mol. The van der Waals surface area contributed by atoms with Crippen molar-refractivity contribution in [1.82, 2.24) is 10.9 Å². The number of nitrogens with one attached hydrogen (secondary N) is 2. The van der Waals surface area contributed by atoms with E-state index in [2.05, 4.69) is 10.9 Å². The first kappa shape index (κ1) is 6.95. The third kappa shape index (κ3) is 2.28. The maximum atomic E-state index is 8.31. The average Bonchev–Trinajstić information content (AvgIpc) is 2.34. The molecule has 4 nitrogen and oxygen atoms in total. The van der Waals surface area contributed by atoms with Crippen LogP contribution < -0.4 is 10.9 Å². The van der Waals surface area contributed by atoms with Crippen molar-refractivity contribution in [3.05, 3.63) is 0 Å². The molecule has 0 aliphatic carbocycles. The van der Waals surface area contributed by atoms with Crippen LogP contribution in [0, 0.1) is 0 Å². The largest absolute Gasteiger partial charge is 0.380 e. The van der Waals surface area contributed by atoms with Crippen molar-refractivity contribution >= 4 is 0 Å². The van der Waals surface area contributed by atoms with E-state index in [-0.39, 0.29) is 6.73 Å². The first-order valence-corrected chi connectivity index (χ1v) is 3.10. The van der Waals surface area contributed by atoms with Gasteiger partial charge in [-0.25, -0.2) is 5.43 Å². The second-order valence-electron chi connectivity index (χ2n) is 2.04. The molecule has 1 aliphatic heterocycles. The zero-order valence-corrected chi connectivity index (χ0v) is 5.26. The van der Waals surface area contributed by atoms with Crippen LogP contribution in [0.1, 0.15) is 6.42 Å². The van der Waals surface area contributed by atoms with E-state index in [0.29, 0.717) is 6.04 Å². The van der Waals surface area contributed by atoms with Gasteiger partial charge in [-0.2, -0.15) is 0 Å². The van der Waals surface area contributed by atoms with Crippen LogP contribution in [0.3, 0.4) is 0 Å². The summed E-state index contributed by atoms with van der Waals surface area (Å²) in [6.45, 7) is 1.54. The van der Waals surface area contributed by atoms with Crippen LogP contribution in [0.4, 0.5) is 0 Å². The SMILES string of the molecule is OCNN[C@H]1CCOC1. The predicted octanol–water partition coefficient (Wildman–Crippen LogP) is -1.18. The van der Waals surface area contributed by atoms with Gasteiger partial charge in [-0.3, -0.25) is 5.43 Å². The lowest BCUT2D eigenvalue weighted by molar-refractivity contribution is 0.178. The average molecular weight is 132 g/mol. The predicted molar refractivity (Wildman–Crippen MR) is 32.6 cm³/mol. The van der Waals surface area contributed by atoms with Crippen molar-refractivity contribution in [2.45, 2.75) is 12.5 Å². The van der Waals surface area contributed by atoms with Crippen LogP contribution in [0.2, 0.25) is 0 Å². The number of ether oxygens (including phenoxy) is 1. The molecule has 0 unspecified atom stereocenters. The fourth-order valence-electron chi connectivity index (χ4n) is 0.838. The molecule has 1 saturated heterocycles. The summed E-state index contributed by atoms with van der Waals surface area (Å²) in [6, 6.07) is 0.372. The first-order chi connectivity index (χ1) is 4.43. The highest BCUT2D eigenvalue weighted by molar-refractivity contribution is 4.67. The van der Waals surface area contributed by atoms with E-state index >= 15 is 0 Å². The molecule has 1 fully saturated rings. The summed E-state index contributed by atoms with van der Waals surface area (Å²) < 4.78 is 5.07. The summed E-state index contributed by atoms with van der Waals surface area (Å²) in [5.41, 5.74) is 5.52. The number of aliphatic hydroxyl groups excluding tert-OH is 1. The minimum absolute atomic E-state index is 0.0312. The lowest BCUT2D eigenvalue weighted by Crippen LogP contribution is -2.41. The number of hydrogen-bond acceptors (Lipinski definition) is 4. The fraction of sp³-hybridized carbons (Fsp3) is 1.00. The van der Waals surface area contributed by atoms with Crippen molar-refractivity contribution in [2.75, 3.05) is 19.9 Å². The summed E-state index contributed by atoms with van der Waals surface area (Å²) in [7, 11) is 0. The maximum absolute atomic E-state index is 8.31. The fourth-order valence-corrected chi connectivity index (χ4v) is 0.838. The molecule has 0 aromatic heterocycles. The molecule has 9 heavy (non-hydrogen) atoms. The molecule has 1 rings (SSSR count). The Labute approximate surface area is 54.2 Å². The Morgan fingerprint density at radius 1 is 1.67 bits per heavy atom. The lowest BCUT2D eigenvalue weighted by atomic mass is 10.3. The quantitative estimate of drug-likeness (QED) is 0.334. The Bertz CT molecular complexity index is 73.4. The molecule has 3 N–H and O–H groups in total. The van der Waals surface area contributed by atoms with Gasteiger partial charge in [0.15, 0.2) is 0 Å². The topological polar surface area (TPSA) is 53.5 Å². The van der Waals surface area contributed by atoms with E-state index in [1.807, 2.05) is 0 Å². The molecular weight excluding hydrogens is 120 g/mol. The molecule has 0 bridgehead atoms. The highest BCUT2D eigenvalue weighted by Crippen LogP contribution is 2.00. The second-order valence-corrected chi connectivity index (χ2v) is 2.04.